The average molecular weight is 186 g/mol. The highest BCUT2D eigenvalue weighted by atomic mass is 32.2. The molecule has 0 aliphatic carbocycles. The van der Waals surface area contributed by atoms with Crippen LogP contribution < -0.4 is 20.7 Å². The molecule has 0 saturated heterocycles. The number of anilines is 1. The predicted octanol–water partition coefficient (Wildman–Crippen LogP) is 0.650. The molecule has 0 unspecified atom stereocenters. The molecule has 0 bridgehead atoms. The van der Waals surface area contributed by atoms with Gasteiger partial charge in [0.15, 0.2) is 0 Å². The SMILES string of the molecule is ONNSNNc1ccccc1. The van der Waals surface area contributed by atoms with E-state index in [1.165, 1.54) is 0 Å². The summed E-state index contributed by atoms with van der Waals surface area (Å²) in [4.78, 5) is 5.10. The molecule has 0 atom stereocenters. The van der Waals surface area contributed by atoms with Crippen molar-refractivity contribution in [3.63, 3.8) is 0 Å². The average Bonchev–Trinajstić information content (AvgIpc) is 2.14. The van der Waals surface area contributed by atoms with Crippen LogP contribution in [0.2, 0.25) is 0 Å². The van der Waals surface area contributed by atoms with Gasteiger partial charge in [0, 0.05) is 17.8 Å². The Morgan fingerprint density at radius 2 is 1.83 bits per heavy atom. The van der Waals surface area contributed by atoms with Crippen molar-refractivity contribution < 1.29 is 5.21 Å². The fraction of sp³-hybridized carbons (Fsp3) is 0. The van der Waals surface area contributed by atoms with Gasteiger partial charge in [0.2, 0.25) is 0 Å². The largest absolute Gasteiger partial charge is 0.311 e. The highest BCUT2D eigenvalue weighted by Crippen LogP contribution is 2.03. The number of hydrogen-bond acceptors (Lipinski definition) is 6. The van der Waals surface area contributed by atoms with Gasteiger partial charge in [-0.2, -0.15) is 9.66 Å². The Hall–Kier alpha value is -0.790. The molecule has 0 spiro atoms. The molecule has 12 heavy (non-hydrogen) atoms. The van der Waals surface area contributed by atoms with E-state index in [-0.39, 0.29) is 0 Å². The first-order chi connectivity index (χ1) is 5.93. The molecule has 0 amide bonds. The maximum Gasteiger partial charge on any atom is 0.0497 e. The van der Waals surface area contributed by atoms with Crippen molar-refractivity contribution in [3.05, 3.63) is 30.3 Å². The topological polar surface area (TPSA) is 68.3 Å². The first kappa shape index (κ1) is 9.30. The summed E-state index contributed by atoms with van der Waals surface area (Å²) in [7, 11) is 0. The highest BCUT2D eigenvalue weighted by molar-refractivity contribution is 7.95. The molecule has 5 nitrogen and oxygen atoms in total. The molecular formula is C6H10N4OS. The number of para-hydroxylation sites is 1. The van der Waals surface area contributed by atoms with E-state index in [0.717, 1.165) is 17.8 Å². The highest BCUT2D eigenvalue weighted by Gasteiger charge is 1.86. The van der Waals surface area contributed by atoms with Crippen LogP contribution in [0.4, 0.5) is 5.69 Å². The summed E-state index contributed by atoms with van der Waals surface area (Å²) in [5, 5.41) is 8.11. The summed E-state index contributed by atoms with van der Waals surface area (Å²) in [6, 6.07) is 9.62. The van der Waals surface area contributed by atoms with Crippen LogP contribution in [0.3, 0.4) is 0 Å². The van der Waals surface area contributed by atoms with E-state index in [0.29, 0.717) is 0 Å². The van der Waals surface area contributed by atoms with Crippen molar-refractivity contribution >= 4 is 17.8 Å². The van der Waals surface area contributed by atoms with Crippen molar-refractivity contribution in [3.8, 4) is 0 Å². The Morgan fingerprint density at radius 3 is 2.50 bits per heavy atom. The van der Waals surface area contributed by atoms with Gasteiger partial charge in [0.1, 0.15) is 0 Å². The van der Waals surface area contributed by atoms with Crippen LogP contribution in [-0.2, 0) is 0 Å². The first-order valence-electron chi connectivity index (χ1n) is 3.29. The third-order valence-corrected chi connectivity index (χ3v) is 1.51. The Morgan fingerprint density at radius 1 is 1.08 bits per heavy atom. The minimum absolute atomic E-state index is 0.949. The van der Waals surface area contributed by atoms with Crippen molar-refractivity contribution in [2.45, 2.75) is 0 Å². The first-order valence-corrected chi connectivity index (χ1v) is 4.11. The molecule has 0 saturated carbocycles. The molecule has 66 valence electrons. The van der Waals surface area contributed by atoms with Crippen molar-refractivity contribution in [1.82, 2.24) is 15.3 Å². The molecule has 0 aliphatic heterocycles. The van der Waals surface area contributed by atoms with E-state index in [9.17, 15) is 0 Å². The number of benzene rings is 1. The molecule has 1 rings (SSSR count). The van der Waals surface area contributed by atoms with Crippen LogP contribution in [0, 0.1) is 0 Å². The van der Waals surface area contributed by atoms with Gasteiger partial charge in [0.25, 0.3) is 0 Å². The van der Waals surface area contributed by atoms with Crippen LogP contribution in [0.1, 0.15) is 0 Å². The number of rotatable bonds is 5. The predicted molar refractivity (Wildman–Crippen MR) is 48.8 cm³/mol. The van der Waals surface area contributed by atoms with Gasteiger partial charge >= 0.3 is 0 Å². The summed E-state index contributed by atoms with van der Waals surface area (Å²) >= 11 is 1.08. The van der Waals surface area contributed by atoms with Crippen LogP contribution in [0.5, 0.6) is 0 Å². The number of nitrogens with one attached hydrogen (secondary N) is 4. The van der Waals surface area contributed by atoms with Gasteiger partial charge in [-0.15, -0.1) is 5.59 Å². The lowest BCUT2D eigenvalue weighted by molar-refractivity contribution is 0.152. The van der Waals surface area contributed by atoms with Gasteiger partial charge in [-0.25, -0.2) is 0 Å². The number of hydrogen-bond donors (Lipinski definition) is 5. The van der Waals surface area contributed by atoms with E-state index in [1.54, 1.807) is 5.59 Å². The van der Waals surface area contributed by atoms with Crippen LogP contribution in [0.15, 0.2) is 30.3 Å². The normalized spacial score (nSPS) is 9.75. The minimum atomic E-state index is 0.949. The molecule has 1 aromatic carbocycles. The molecule has 0 fully saturated rings. The minimum Gasteiger partial charge on any atom is -0.311 e. The number of hydrazine groups is 2. The fourth-order valence-electron chi connectivity index (χ4n) is 0.654. The maximum absolute atomic E-state index is 8.11. The van der Waals surface area contributed by atoms with Crippen molar-refractivity contribution in [1.29, 1.82) is 0 Å². The van der Waals surface area contributed by atoms with E-state index < -0.39 is 0 Å². The molecule has 0 heterocycles. The second kappa shape index (κ2) is 5.81. The molecule has 0 radical (unpaired) electrons. The quantitative estimate of drug-likeness (QED) is 0.264. The third-order valence-electron chi connectivity index (χ3n) is 1.12. The fourth-order valence-corrected chi connectivity index (χ4v) is 0.920. The van der Waals surface area contributed by atoms with Gasteiger partial charge in [-0.3, -0.25) is 0 Å². The summed E-state index contributed by atoms with van der Waals surface area (Å²) in [5.41, 5.74) is 5.59. The molecule has 6 heteroatoms. The Balaban J connectivity index is 2.16. The summed E-state index contributed by atoms with van der Waals surface area (Å²) in [6.07, 6.45) is 0. The molecule has 5 N–H and O–H groups in total. The van der Waals surface area contributed by atoms with Gasteiger partial charge in [-0.05, 0) is 12.1 Å². The smallest absolute Gasteiger partial charge is 0.0497 e. The lowest BCUT2D eigenvalue weighted by Crippen LogP contribution is -2.27. The van der Waals surface area contributed by atoms with Gasteiger partial charge in [-0.1, -0.05) is 18.2 Å². The molecule has 1 aromatic rings. The van der Waals surface area contributed by atoms with Crippen molar-refractivity contribution in [2.24, 2.45) is 0 Å². The van der Waals surface area contributed by atoms with E-state index in [2.05, 4.69) is 15.1 Å². The molecular weight excluding hydrogens is 176 g/mol. The van der Waals surface area contributed by atoms with E-state index >= 15 is 0 Å². The Kier molecular flexibility index (Phi) is 4.50. The van der Waals surface area contributed by atoms with Crippen LogP contribution in [-0.4, -0.2) is 5.21 Å². The zero-order valence-corrected chi connectivity index (χ0v) is 7.06. The molecule has 0 aromatic heterocycles. The molecule has 0 aliphatic rings. The second-order valence-electron chi connectivity index (χ2n) is 1.91. The summed E-state index contributed by atoms with van der Waals surface area (Å²) in [5.74, 6) is 0. The Labute approximate surface area is 74.7 Å². The van der Waals surface area contributed by atoms with Gasteiger partial charge < -0.3 is 10.6 Å². The Bertz CT molecular complexity index is 208. The maximum atomic E-state index is 8.11. The zero-order chi connectivity index (χ0) is 8.65. The van der Waals surface area contributed by atoms with E-state index in [1.807, 2.05) is 30.3 Å². The van der Waals surface area contributed by atoms with Gasteiger partial charge in [0.05, 0.1) is 0 Å². The van der Waals surface area contributed by atoms with Crippen molar-refractivity contribution in [2.75, 3.05) is 5.43 Å². The summed E-state index contributed by atoms with van der Waals surface area (Å²) in [6.45, 7) is 0. The van der Waals surface area contributed by atoms with Crippen LogP contribution in [0.25, 0.3) is 0 Å². The third kappa shape index (κ3) is 3.56. The standard InChI is InChI=1S/C6H10N4OS/c11-8-10-12-9-7-6-4-2-1-3-5-6/h1-5,7-11H. The zero-order valence-electron chi connectivity index (χ0n) is 6.24. The van der Waals surface area contributed by atoms with Crippen LogP contribution >= 0.6 is 12.1 Å². The second-order valence-corrected chi connectivity index (χ2v) is 2.52. The summed E-state index contributed by atoms with van der Waals surface area (Å²) < 4.78 is 0. The van der Waals surface area contributed by atoms with E-state index in [4.69, 9.17) is 5.21 Å². The lowest BCUT2D eigenvalue weighted by atomic mass is 10.3. The monoisotopic (exact) mass is 186 g/mol. The lowest BCUT2D eigenvalue weighted by Gasteiger charge is -2.05.